The van der Waals surface area contributed by atoms with Crippen molar-refractivity contribution in [1.29, 1.82) is 0 Å². The Morgan fingerprint density at radius 3 is 2.83 bits per heavy atom. The van der Waals surface area contributed by atoms with Crippen molar-refractivity contribution >= 4 is 21.6 Å². The standard InChI is InChI=1S/C11H17N3O3S/c1-8-5-10(14(2)13-8)12-11(15)6-9-3-4-18(16,17)7-9/h5,9H,3-4,6-7H2,1-2H3,(H,12,15). The van der Waals surface area contributed by atoms with E-state index in [0.717, 1.165) is 5.69 Å². The number of aryl methyl sites for hydroxylation is 2. The molecule has 1 aromatic rings. The van der Waals surface area contributed by atoms with Gasteiger partial charge in [-0.3, -0.25) is 9.48 Å². The fourth-order valence-electron chi connectivity index (χ4n) is 2.22. The maximum atomic E-state index is 11.8. The fourth-order valence-corrected chi connectivity index (χ4v) is 4.08. The molecule has 0 saturated carbocycles. The van der Waals surface area contributed by atoms with Gasteiger partial charge in [-0.2, -0.15) is 5.10 Å². The van der Waals surface area contributed by atoms with Gasteiger partial charge in [-0.25, -0.2) is 8.42 Å². The minimum atomic E-state index is -2.92. The van der Waals surface area contributed by atoms with Crippen LogP contribution in [0, 0.1) is 12.8 Å². The fraction of sp³-hybridized carbons (Fsp3) is 0.636. The molecule has 0 aliphatic carbocycles. The van der Waals surface area contributed by atoms with Crippen molar-refractivity contribution < 1.29 is 13.2 Å². The average Bonchev–Trinajstić information content (AvgIpc) is 2.70. The summed E-state index contributed by atoms with van der Waals surface area (Å²) >= 11 is 0. The predicted molar refractivity (Wildman–Crippen MR) is 68.0 cm³/mol. The summed E-state index contributed by atoms with van der Waals surface area (Å²) in [6.07, 6.45) is 0.837. The maximum Gasteiger partial charge on any atom is 0.225 e. The summed E-state index contributed by atoms with van der Waals surface area (Å²) < 4.78 is 24.2. The van der Waals surface area contributed by atoms with Crippen molar-refractivity contribution in [2.24, 2.45) is 13.0 Å². The third kappa shape index (κ3) is 3.10. The van der Waals surface area contributed by atoms with Crippen molar-refractivity contribution in [2.45, 2.75) is 19.8 Å². The Labute approximate surface area is 106 Å². The number of carbonyl (C=O) groups is 1. The minimum absolute atomic E-state index is 0.0516. The van der Waals surface area contributed by atoms with Crippen LogP contribution in [0.5, 0.6) is 0 Å². The Bertz CT molecular complexity index is 562. The predicted octanol–water partition coefficient (Wildman–Crippen LogP) is 0.492. The Morgan fingerprint density at radius 2 is 2.33 bits per heavy atom. The van der Waals surface area contributed by atoms with Crippen LogP contribution < -0.4 is 5.32 Å². The summed E-state index contributed by atoms with van der Waals surface area (Å²) in [4.78, 5) is 11.8. The maximum absolute atomic E-state index is 11.8. The van der Waals surface area contributed by atoms with E-state index in [-0.39, 0.29) is 29.8 Å². The van der Waals surface area contributed by atoms with E-state index in [1.807, 2.05) is 6.92 Å². The summed E-state index contributed by atoms with van der Waals surface area (Å²) in [6.45, 7) is 1.85. The number of nitrogens with one attached hydrogen (secondary N) is 1. The zero-order chi connectivity index (χ0) is 13.3. The van der Waals surface area contributed by atoms with Crippen LogP contribution in [-0.2, 0) is 21.7 Å². The Morgan fingerprint density at radius 1 is 1.61 bits per heavy atom. The molecule has 1 N–H and O–H groups in total. The monoisotopic (exact) mass is 271 g/mol. The quantitative estimate of drug-likeness (QED) is 0.867. The highest BCUT2D eigenvalue weighted by Crippen LogP contribution is 2.22. The summed E-state index contributed by atoms with van der Waals surface area (Å²) in [5.74, 6) is 0.767. The number of hydrogen-bond acceptors (Lipinski definition) is 4. The summed E-state index contributed by atoms with van der Waals surface area (Å²) in [5, 5.41) is 6.88. The van der Waals surface area contributed by atoms with Gasteiger partial charge in [-0.1, -0.05) is 0 Å². The highest BCUT2D eigenvalue weighted by molar-refractivity contribution is 7.91. The molecular weight excluding hydrogens is 254 g/mol. The molecule has 7 heteroatoms. The second-order valence-electron chi connectivity index (χ2n) is 4.82. The Kier molecular flexibility index (Phi) is 3.43. The molecule has 1 aromatic heterocycles. The van der Waals surface area contributed by atoms with Crippen LogP contribution in [0.4, 0.5) is 5.82 Å². The zero-order valence-electron chi connectivity index (χ0n) is 10.5. The average molecular weight is 271 g/mol. The minimum Gasteiger partial charge on any atom is -0.311 e. The van der Waals surface area contributed by atoms with Gasteiger partial charge in [0.25, 0.3) is 0 Å². The largest absolute Gasteiger partial charge is 0.311 e. The first-order valence-electron chi connectivity index (χ1n) is 5.86. The van der Waals surface area contributed by atoms with Crippen molar-refractivity contribution in [1.82, 2.24) is 9.78 Å². The molecule has 0 spiro atoms. The molecule has 100 valence electrons. The molecule has 1 amide bonds. The van der Waals surface area contributed by atoms with Crippen LogP contribution in [-0.4, -0.2) is 35.6 Å². The van der Waals surface area contributed by atoms with Crippen LogP contribution >= 0.6 is 0 Å². The van der Waals surface area contributed by atoms with Gasteiger partial charge < -0.3 is 5.32 Å². The molecule has 18 heavy (non-hydrogen) atoms. The number of sulfone groups is 1. The third-order valence-corrected chi connectivity index (χ3v) is 4.91. The first-order valence-corrected chi connectivity index (χ1v) is 7.69. The molecule has 2 rings (SSSR count). The smallest absolute Gasteiger partial charge is 0.225 e. The number of rotatable bonds is 3. The zero-order valence-corrected chi connectivity index (χ0v) is 11.3. The SMILES string of the molecule is Cc1cc(NC(=O)CC2CCS(=O)(=O)C2)n(C)n1. The molecule has 0 aromatic carbocycles. The van der Waals surface area contributed by atoms with Gasteiger partial charge in [0, 0.05) is 19.5 Å². The van der Waals surface area contributed by atoms with E-state index in [9.17, 15) is 13.2 Å². The lowest BCUT2D eigenvalue weighted by Crippen LogP contribution is -2.18. The van der Waals surface area contributed by atoms with Crippen molar-refractivity contribution in [2.75, 3.05) is 16.8 Å². The first-order chi connectivity index (χ1) is 8.35. The number of carbonyl (C=O) groups excluding carboxylic acids is 1. The molecule has 0 radical (unpaired) electrons. The van der Waals surface area contributed by atoms with E-state index < -0.39 is 9.84 Å². The first kappa shape index (κ1) is 13.1. The summed E-state index contributed by atoms with van der Waals surface area (Å²) in [6, 6.07) is 1.78. The third-order valence-electron chi connectivity index (χ3n) is 3.07. The number of amides is 1. The molecule has 6 nitrogen and oxygen atoms in total. The van der Waals surface area contributed by atoms with Gasteiger partial charge in [0.05, 0.1) is 17.2 Å². The van der Waals surface area contributed by atoms with Gasteiger partial charge in [0.1, 0.15) is 5.82 Å². The van der Waals surface area contributed by atoms with E-state index in [0.29, 0.717) is 12.2 Å². The Hall–Kier alpha value is -1.37. The molecule has 1 saturated heterocycles. The molecule has 2 heterocycles. The van der Waals surface area contributed by atoms with E-state index >= 15 is 0 Å². The second kappa shape index (κ2) is 4.72. The number of aromatic nitrogens is 2. The van der Waals surface area contributed by atoms with Crippen LogP contribution in [0.3, 0.4) is 0 Å². The van der Waals surface area contributed by atoms with E-state index in [2.05, 4.69) is 10.4 Å². The van der Waals surface area contributed by atoms with Gasteiger partial charge in [0.2, 0.25) is 5.91 Å². The van der Waals surface area contributed by atoms with Crippen LogP contribution in [0.2, 0.25) is 0 Å². The molecule has 0 bridgehead atoms. The summed E-state index contributed by atoms with van der Waals surface area (Å²) in [7, 11) is -1.16. The highest BCUT2D eigenvalue weighted by atomic mass is 32.2. The highest BCUT2D eigenvalue weighted by Gasteiger charge is 2.29. The van der Waals surface area contributed by atoms with E-state index in [1.54, 1.807) is 17.8 Å². The lowest BCUT2D eigenvalue weighted by Gasteiger charge is -2.08. The molecule has 1 aliphatic rings. The number of hydrogen-bond donors (Lipinski definition) is 1. The molecular formula is C11H17N3O3S. The second-order valence-corrected chi connectivity index (χ2v) is 7.04. The van der Waals surface area contributed by atoms with Crippen molar-refractivity contribution in [3.63, 3.8) is 0 Å². The number of nitrogens with zero attached hydrogens (tertiary/aromatic N) is 2. The molecule has 1 fully saturated rings. The molecule has 1 atom stereocenters. The van der Waals surface area contributed by atoms with Crippen LogP contribution in [0.1, 0.15) is 18.5 Å². The van der Waals surface area contributed by atoms with E-state index in [1.165, 1.54) is 0 Å². The lowest BCUT2D eigenvalue weighted by atomic mass is 10.1. The normalized spacial score (nSPS) is 22.0. The Balaban J connectivity index is 1.92. The lowest BCUT2D eigenvalue weighted by molar-refractivity contribution is -0.116. The summed E-state index contributed by atoms with van der Waals surface area (Å²) in [5.41, 5.74) is 0.830. The van der Waals surface area contributed by atoms with Crippen LogP contribution in [0.15, 0.2) is 6.07 Å². The van der Waals surface area contributed by atoms with Crippen molar-refractivity contribution in [3.8, 4) is 0 Å². The topological polar surface area (TPSA) is 81.1 Å². The number of anilines is 1. The van der Waals surface area contributed by atoms with Crippen molar-refractivity contribution in [3.05, 3.63) is 11.8 Å². The molecule has 1 unspecified atom stereocenters. The van der Waals surface area contributed by atoms with Gasteiger partial charge in [-0.05, 0) is 19.3 Å². The van der Waals surface area contributed by atoms with Gasteiger partial charge >= 0.3 is 0 Å². The van der Waals surface area contributed by atoms with Crippen LogP contribution in [0.25, 0.3) is 0 Å². The van der Waals surface area contributed by atoms with Gasteiger partial charge in [-0.15, -0.1) is 0 Å². The molecule has 1 aliphatic heterocycles. The van der Waals surface area contributed by atoms with E-state index in [4.69, 9.17) is 0 Å². The van der Waals surface area contributed by atoms with Gasteiger partial charge in [0.15, 0.2) is 9.84 Å².